The summed E-state index contributed by atoms with van der Waals surface area (Å²) in [5.41, 5.74) is 7.68. The van der Waals surface area contributed by atoms with Crippen molar-refractivity contribution < 1.29 is 9.59 Å². The van der Waals surface area contributed by atoms with Gasteiger partial charge in [-0.1, -0.05) is 12.1 Å². The summed E-state index contributed by atoms with van der Waals surface area (Å²) in [7, 11) is 0. The van der Waals surface area contributed by atoms with Gasteiger partial charge in [-0.2, -0.15) is 0 Å². The van der Waals surface area contributed by atoms with Crippen LogP contribution in [0.25, 0.3) is 0 Å². The van der Waals surface area contributed by atoms with E-state index in [4.69, 9.17) is 5.73 Å². The summed E-state index contributed by atoms with van der Waals surface area (Å²) in [6, 6.07) is 7.88. The monoisotopic (exact) mass is 394 g/mol. The minimum atomic E-state index is -0.123. The third kappa shape index (κ3) is 5.14. The van der Waals surface area contributed by atoms with Crippen molar-refractivity contribution in [2.24, 2.45) is 17.6 Å². The van der Waals surface area contributed by atoms with E-state index in [2.05, 4.69) is 12.2 Å². The molecule has 0 aromatic heterocycles. The van der Waals surface area contributed by atoms with Crippen LogP contribution in [0.15, 0.2) is 24.3 Å². The number of aryl methyl sites for hydroxylation is 1. The Morgan fingerprint density at radius 3 is 2.74 bits per heavy atom. The molecule has 1 aromatic rings. The number of carbonyl (C=O) groups excluding carboxylic acids is 2. The summed E-state index contributed by atoms with van der Waals surface area (Å²) in [6.07, 6.45) is 2.69. The van der Waals surface area contributed by atoms with E-state index in [1.165, 1.54) is 0 Å². The largest absolute Gasteiger partial charge is 0.339 e. The summed E-state index contributed by atoms with van der Waals surface area (Å²) < 4.78 is 0. The zero-order chi connectivity index (χ0) is 18.7. The van der Waals surface area contributed by atoms with Crippen molar-refractivity contribution in [1.29, 1.82) is 0 Å². The van der Waals surface area contributed by atoms with Crippen LogP contribution in [-0.2, 0) is 4.79 Å². The van der Waals surface area contributed by atoms with Crippen LogP contribution in [0.1, 0.15) is 31.7 Å². The number of nitrogens with zero attached hydrogens (tertiary/aromatic N) is 2. The van der Waals surface area contributed by atoms with Gasteiger partial charge in [0.05, 0.1) is 5.92 Å². The fourth-order valence-corrected chi connectivity index (χ4v) is 4.14. The number of rotatable bonds is 3. The first-order chi connectivity index (χ1) is 12.5. The lowest BCUT2D eigenvalue weighted by molar-refractivity contribution is -0.137. The van der Waals surface area contributed by atoms with Crippen molar-refractivity contribution in [3.8, 4) is 0 Å². The summed E-state index contributed by atoms with van der Waals surface area (Å²) in [4.78, 5) is 29.3. The van der Waals surface area contributed by atoms with Gasteiger partial charge in [-0.3, -0.25) is 4.79 Å². The van der Waals surface area contributed by atoms with Gasteiger partial charge >= 0.3 is 6.03 Å². The van der Waals surface area contributed by atoms with E-state index in [1.54, 1.807) is 4.90 Å². The van der Waals surface area contributed by atoms with E-state index in [-0.39, 0.29) is 36.3 Å². The first-order valence-corrected chi connectivity index (χ1v) is 9.61. The first kappa shape index (κ1) is 21.5. The summed E-state index contributed by atoms with van der Waals surface area (Å²) in [5.74, 6) is 0.478. The number of hydrogen-bond acceptors (Lipinski definition) is 3. The number of nitrogens with two attached hydrogens (primary N) is 1. The van der Waals surface area contributed by atoms with Gasteiger partial charge in [0.1, 0.15) is 0 Å². The Hall–Kier alpha value is -1.79. The number of hydrogen-bond donors (Lipinski definition) is 2. The van der Waals surface area contributed by atoms with Crippen molar-refractivity contribution in [2.45, 2.75) is 39.2 Å². The van der Waals surface area contributed by atoms with Crippen LogP contribution in [0.2, 0.25) is 0 Å². The van der Waals surface area contributed by atoms with Gasteiger partial charge in [-0.25, -0.2) is 4.79 Å². The number of likely N-dealkylation sites (tertiary alicyclic amines) is 2. The van der Waals surface area contributed by atoms with E-state index in [0.29, 0.717) is 25.6 Å². The molecule has 150 valence electrons. The Kier molecular flexibility index (Phi) is 7.50. The number of piperidine rings is 1. The fourth-order valence-electron chi connectivity index (χ4n) is 4.14. The molecule has 2 heterocycles. The molecule has 0 bridgehead atoms. The number of urea groups is 1. The molecule has 2 aliphatic rings. The molecule has 2 saturated heterocycles. The van der Waals surface area contributed by atoms with E-state index in [9.17, 15) is 9.59 Å². The second kappa shape index (κ2) is 9.42. The molecule has 2 aliphatic heterocycles. The highest BCUT2D eigenvalue weighted by molar-refractivity contribution is 5.90. The SMILES string of the molecule is Cc1cccc(NC(=O)N2CCCC(C(=O)N3CC(CN)CC3C)C2)c1.Cl. The highest BCUT2D eigenvalue weighted by Crippen LogP contribution is 2.27. The average molecular weight is 395 g/mol. The fraction of sp³-hybridized carbons (Fsp3) is 0.600. The maximum absolute atomic E-state index is 13.0. The standard InChI is InChI=1S/C20H30N4O2.ClH/c1-14-5-3-7-18(9-14)22-20(26)23-8-4-6-17(13-23)19(25)24-12-16(11-21)10-15(24)2;/h3,5,7,9,15-17H,4,6,8,10-13,21H2,1-2H3,(H,22,26);1H. The molecular formula is C20H31ClN4O2. The smallest absolute Gasteiger partial charge is 0.321 e. The molecule has 3 amide bonds. The summed E-state index contributed by atoms with van der Waals surface area (Å²) in [5, 5.41) is 2.95. The minimum Gasteiger partial charge on any atom is -0.339 e. The average Bonchev–Trinajstić information content (AvgIpc) is 3.02. The van der Waals surface area contributed by atoms with Gasteiger partial charge in [0, 0.05) is 31.4 Å². The number of anilines is 1. The predicted molar refractivity (Wildman–Crippen MR) is 110 cm³/mol. The van der Waals surface area contributed by atoms with E-state index in [1.807, 2.05) is 36.1 Å². The number of carbonyl (C=O) groups is 2. The Morgan fingerprint density at radius 1 is 1.30 bits per heavy atom. The third-order valence-corrected chi connectivity index (χ3v) is 5.60. The summed E-state index contributed by atoms with van der Waals surface area (Å²) >= 11 is 0. The number of amides is 3. The first-order valence-electron chi connectivity index (χ1n) is 9.61. The molecule has 7 heteroatoms. The van der Waals surface area contributed by atoms with Crippen molar-refractivity contribution in [3.05, 3.63) is 29.8 Å². The van der Waals surface area contributed by atoms with E-state index < -0.39 is 0 Å². The van der Waals surface area contributed by atoms with Crippen LogP contribution in [0.3, 0.4) is 0 Å². The van der Waals surface area contributed by atoms with Crippen LogP contribution in [0.5, 0.6) is 0 Å². The maximum Gasteiger partial charge on any atom is 0.321 e. The number of halogens is 1. The molecule has 3 rings (SSSR count). The summed E-state index contributed by atoms with van der Waals surface area (Å²) in [6.45, 7) is 6.66. The van der Waals surface area contributed by atoms with Crippen molar-refractivity contribution in [3.63, 3.8) is 0 Å². The second-order valence-corrected chi connectivity index (χ2v) is 7.76. The normalized spacial score (nSPS) is 25.1. The van der Waals surface area contributed by atoms with Crippen molar-refractivity contribution >= 4 is 30.0 Å². The quantitative estimate of drug-likeness (QED) is 0.827. The molecule has 1 aromatic carbocycles. The van der Waals surface area contributed by atoms with Crippen molar-refractivity contribution in [2.75, 3.05) is 31.5 Å². The topological polar surface area (TPSA) is 78.7 Å². The van der Waals surface area contributed by atoms with Crippen LogP contribution in [-0.4, -0.2) is 54.0 Å². The highest BCUT2D eigenvalue weighted by atomic mass is 35.5. The van der Waals surface area contributed by atoms with Gasteiger partial charge < -0.3 is 20.9 Å². The molecule has 0 saturated carbocycles. The highest BCUT2D eigenvalue weighted by Gasteiger charge is 2.37. The van der Waals surface area contributed by atoms with E-state index in [0.717, 1.165) is 37.1 Å². The number of nitrogens with one attached hydrogen (secondary N) is 1. The lowest BCUT2D eigenvalue weighted by Crippen LogP contribution is -2.48. The maximum atomic E-state index is 13.0. The second-order valence-electron chi connectivity index (χ2n) is 7.76. The molecule has 6 nitrogen and oxygen atoms in total. The Labute approximate surface area is 167 Å². The molecule has 0 aliphatic carbocycles. The molecule has 2 fully saturated rings. The Morgan fingerprint density at radius 2 is 2.07 bits per heavy atom. The molecule has 27 heavy (non-hydrogen) atoms. The molecule has 3 unspecified atom stereocenters. The van der Waals surface area contributed by atoms with Gasteiger partial charge in [-0.15, -0.1) is 12.4 Å². The molecular weight excluding hydrogens is 364 g/mol. The van der Waals surface area contributed by atoms with Crippen LogP contribution < -0.4 is 11.1 Å². The Bertz CT molecular complexity index is 669. The third-order valence-electron chi connectivity index (χ3n) is 5.60. The molecule has 3 atom stereocenters. The predicted octanol–water partition coefficient (Wildman–Crippen LogP) is 2.86. The van der Waals surface area contributed by atoms with Gasteiger partial charge in [0.15, 0.2) is 0 Å². The van der Waals surface area contributed by atoms with E-state index >= 15 is 0 Å². The molecule has 0 radical (unpaired) electrons. The molecule has 3 N–H and O–H groups in total. The number of benzene rings is 1. The van der Waals surface area contributed by atoms with Gasteiger partial charge in [0.2, 0.25) is 5.91 Å². The minimum absolute atomic E-state index is 0. The van der Waals surface area contributed by atoms with Gasteiger partial charge in [0.25, 0.3) is 0 Å². The van der Waals surface area contributed by atoms with Crippen LogP contribution >= 0.6 is 12.4 Å². The van der Waals surface area contributed by atoms with Crippen LogP contribution in [0, 0.1) is 18.8 Å². The Balaban J connectivity index is 0.00000261. The van der Waals surface area contributed by atoms with Gasteiger partial charge in [-0.05, 0) is 63.3 Å². The van der Waals surface area contributed by atoms with Crippen LogP contribution in [0.4, 0.5) is 10.5 Å². The van der Waals surface area contributed by atoms with Crippen molar-refractivity contribution in [1.82, 2.24) is 9.80 Å². The zero-order valence-electron chi connectivity index (χ0n) is 16.2. The lowest BCUT2D eigenvalue weighted by Gasteiger charge is -2.35. The lowest BCUT2D eigenvalue weighted by atomic mass is 9.96. The molecule has 0 spiro atoms. The zero-order valence-corrected chi connectivity index (χ0v) is 17.0.